The Bertz CT molecular complexity index is 380. The van der Waals surface area contributed by atoms with Crippen LogP contribution in [0, 0.1) is 0 Å². The fourth-order valence-electron chi connectivity index (χ4n) is 2.99. The zero-order valence-electron chi connectivity index (χ0n) is 16.2. The van der Waals surface area contributed by atoms with Gasteiger partial charge >= 0.3 is 0 Å². The minimum absolute atomic E-state index is 0.00397. The number of rotatable bonds is 18. The van der Waals surface area contributed by atoms with Crippen molar-refractivity contribution in [3.05, 3.63) is 0 Å². The van der Waals surface area contributed by atoms with Gasteiger partial charge in [0.05, 0.1) is 45.1 Å². The summed E-state index contributed by atoms with van der Waals surface area (Å²) < 4.78 is 5.25. The van der Waals surface area contributed by atoms with Crippen LogP contribution in [-0.4, -0.2) is 132 Å². The van der Waals surface area contributed by atoms with Crippen LogP contribution >= 0.6 is 0 Å². The molecule has 10 heteroatoms. The maximum atomic E-state index is 11.0. The van der Waals surface area contributed by atoms with Gasteiger partial charge in [-0.3, -0.25) is 4.90 Å². The van der Waals surface area contributed by atoms with E-state index in [9.17, 15) is 30.3 Å². The number of aliphatic carboxylic acids is 1. The molecule has 162 valence electrons. The third kappa shape index (κ3) is 12.3. The normalized spacial score (nSPS) is 14.5. The lowest BCUT2D eigenvalue weighted by Gasteiger charge is -2.39. The number of quaternary nitrogens is 1. The molecule has 0 heterocycles. The zero-order valence-corrected chi connectivity index (χ0v) is 16.2. The summed E-state index contributed by atoms with van der Waals surface area (Å²) in [4.78, 5) is 12.9. The van der Waals surface area contributed by atoms with E-state index in [0.717, 1.165) is 0 Å². The Hall–Kier alpha value is -0.850. The van der Waals surface area contributed by atoms with Crippen molar-refractivity contribution in [2.24, 2.45) is 0 Å². The topological polar surface area (TPSA) is 154 Å². The molecular formula is C17H36N2O8. The Labute approximate surface area is 160 Å². The van der Waals surface area contributed by atoms with E-state index in [1.807, 2.05) is 11.8 Å². The maximum absolute atomic E-state index is 11.0. The highest BCUT2D eigenvalue weighted by Crippen LogP contribution is 2.08. The fourth-order valence-corrected chi connectivity index (χ4v) is 2.99. The van der Waals surface area contributed by atoms with Crippen molar-refractivity contribution in [2.75, 3.05) is 78.8 Å². The number of carboxylic acid groups (broad SMARTS) is 1. The first kappa shape index (κ1) is 26.1. The quantitative estimate of drug-likeness (QED) is 0.115. The molecule has 0 bridgehead atoms. The average molecular weight is 396 g/mol. The SMILES string of the molecule is CCC(O)CN(CCO)CCOCC(O)C[N+](CCO)(CCO)CC(=O)[O-]. The highest BCUT2D eigenvalue weighted by Gasteiger charge is 2.30. The zero-order chi connectivity index (χ0) is 20.7. The predicted octanol–water partition coefficient (Wildman–Crippen LogP) is -4.02. The molecule has 5 N–H and O–H groups in total. The van der Waals surface area contributed by atoms with Crippen LogP contribution in [0.4, 0.5) is 0 Å². The number of hydrogen-bond donors (Lipinski definition) is 5. The highest BCUT2D eigenvalue weighted by atomic mass is 16.5. The number of carbonyl (C=O) groups excluding carboxylic acids is 1. The van der Waals surface area contributed by atoms with E-state index in [2.05, 4.69) is 0 Å². The molecule has 27 heavy (non-hydrogen) atoms. The van der Waals surface area contributed by atoms with E-state index in [-0.39, 0.29) is 57.2 Å². The Morgan fingerprint density at radius 2 is 1.70 bits per heavy atom. The van der Waals surface area contributed by atoms with Gasteiger partial charge in [0, 0.05) is 19.6 Å². The maximum Gasteiger partial charge on any atom is 0.126 e. The summed E-state index contributed by atoms with van der Waals surface area (Å²) in [5.41, 5.74) is 0. The molecule has 0 saturated heterocycles. The first-order valence-electron chi connectivity index (χ1n) is 9.36. The van der Waals surface area contributed by atoms with Crippen LogP contribution in [-0.2, 0) is 9.53 Å². The largest absolute Gasteiger partial charge is 0.544 e. The lowest BCUT2D eigenvalue weighted by Crippen LogP contribution is -2.60. The fraction of sp³-hybridized carbons (Fsp3) is 0.941. The summed E-state index contributed by atoms with van der Waals surface area (Å²) >= 11 is 0. The number of aliphatic hydroxyl groups is 5. The molecule has 0 aliphatic rings. The van der Waals surface area contributed by atoms with Crippen molar-refractivity contribution in [1.29, 1.82) is 0 Å². The van der Waals surface area contributed by atoms with Gasteiger partial charge in [0.2, 0.25) is 0 Å². The molecular weight excluding hydrogens is 360 g/mol. The smallest absolute Gasteiger partial charge is 0.126 e. The van der Waals surface area contributed by atoms with Crippen molar-refractivity contribution in [2.45, 2.75) is 25.6 Å². The van der Waals surface area contributed by atoms with Crippen LogP contribution in [0.3, 0.4) is 0 Å². The van der Waals surface area contributed by atoms with Crippen molar-refractivity contribution in [1.82, 2.24) is 4.90 Å². The molecule has 0 aromatic carbocycles. The highest BCUT2D eigenvalue weighted by molar-refractivity contribution is 5.65. The van der Waals surface area contributed by atoms with Gasteiger partial charge in [0.15, 0.2) is 0 Å². The number of ether oxygens (including phenoxy) is 1. The Balaban J connectivity index is 4.47. The number of carboxylic acids is 1. The summed E-state index contributed by atoms with van der Waals surface area (Å²) in [6.07, 6.45) is -0.855. The van der Waals surface area contributed by atoms with Crippen molar-refractivity contribution in [3.63, 3.8) is 0 Å². The molecule has 0 saturated carbocycles. The Morgan fingerprint density at radius 1 is 1.07 bits per heavy atom. The monoisotopic (exact) mass is 396 g/mol. The first-order chi connectivity index (χ1) is 12.8. The van der Waals surface area contributed by atoms with Gasteiger partial charge in [-0.2, -0.15) is 0 Å². The molecule has 2 unspecified atom stereocenters. The van der Waals surface area contributed by atoms with E-state index in [4.69, 9.17) is 9.84 Å². The molecule has 0 aromatic rings. The second kappa shape index (κ2) is 15.1. The van der Waals surface area contributed by atoms with E-state index in [1.54, 1.807) is 0 Å². The van der Waals surface area contributed by atoms with Gasteiger partial charge in [-0.1, -0.05) is 6.92 Å². The number of nitrogens with zero attached hydrogens (tertiary/aromatic N) is 2. The number of carbonyl (C=O) groups is 1. The molecule has 0 spiro atoms. The van der Waals surface area contributed by atoms with E-state index in [0.29, 0.717) is 26.1 Å². The van der Waals surface area contributed by atoms with Gasteiger partial charge in [0.25, 0.3) is 0 Å². The Kier molecular flexibility index (Phi) is 14.6. The van der Waals surface area contributed by atoms with E-state index < -0.39 is 24.7 Å². The van der Waals surface area contributed by atoms with Crippen molar-refractivity contribution < 1.29 is 44.7 Å². The van der Waals surface area contributed by atoms with E-state index in [1.165, 1.54) is 0 Å². The standard InChI is InChI=1S/C17H36N2O8/c1-2-15(23)11-18(3-7-20)4-10-27-14-16(24)12-19(5-8-21,6-9-22)13-17(25)26/h15-16,20-24H,2-14H2,1H3. The minimum atomic E-state index is -1.32. The summed E-state index contributed by atoms with van der Waals surface area (Å²) in [5.74, 6) is -1.32. The van der Waals surface area contributed by atoms with Gasteiger partial charge in [-0.15, -0.1) is 0 Å². The predicted molar refractivity (Wildman–Crippen MR) is 95.6 cm³/mol. The second-order valence-electron chi connectivity index (χ2n) is 6.76. The molecule has 10 nitrogen and oxygen atoms in total. The molecule has 0 amide bonds. The van der Waals surface area contributed by atoms with Crippen LogP contribution < -0.4 is 5.11 Å². The van der Waals surface area contributed by atoms with Gasteiger partial charge in [-0.05, 0) is 6.42 Å². The van der Waals surface area contributed by atoms with Crippen LogP contribution in [0.25, 0.3) is 0 Å². The summed E-state index contributed by atoms with van der Waals surface area (Å²) in [6, 6.07) is 0. The minimum Gasteiger partial charge on any atom is -0.544 e. The first-order valence-corrected chi connectivity index (χ1v) is 9.36. The second-order valence-corrected chi connectivity index (χ2v) is 6.76. The van der Waals surface area contributed by atoms with Crippen LogP contribution in [0.2, 0.25) is 0 Å². The molecule has 0 radical (unpaired) electrons. The number of aliphatic hydroxyl groups excluding tert-OH is 5. The van der Waals surface area contributed by atoms with Crippen molar-refractivity contribution >= 4 is 5.97 Å². The van der Waals surface area contributed by atoms with Gasteiger partial charge in [-0.25, -0.2) is 0 Å². The van der Waals surface area contributed by atoms with Gasteiger partial charge < -0.3 is 44.7 Å². The van der Waals surface area contributed by atoms with Crippen LogP contribution in [0.15, 0.2) is 0 Å². The average Bonchev–Trinajstić information content (AvgIpc) is 2.58. The molecule has 0 fully saturated rings. The van der Waals surface area contributed by atoms with Crippen molar-refractivity contribution in [3.8, 4) is 0 Å². The molecule has 0 aromatic heterocycles. The third-order valence-electron chi connectivity index (χ3n) is 4.43. The Morgan fingerprint density at radius 3 is 2.19 bits per heavy atom. The summed E-state index contributed by atoms with van der Waals surface area (Å²) in [7, 11) is 0. The lowest BCUT2D eigenvalue weighted by atomic mass is 10.2. The van der Waals surface area contributed by atoms with Crippen LogP contribution in [0.5, 0.6) is 0 Å². The molecule has 0 rings (SSSR count). The number of hydrogen-bond acceptors (Lipinski definition) is 9. The molecule has 0 aliphatic carbocycles. The molecule has 2 atom stereocenters. The summed E-state index contributed by atoms with van der Waals surface area (Å²) in [6.45, 7) is 2.53. The van der Waals surface area contributed by atoms with E-state index >= 15 is 0 Å². The van der Waals surface area contributed by atoms with Crippen LogP contribution in [0.1, 0.15) is 13.3 Å². The van der Waals surface area contributed by atoms with Gasteiger partial charge in [0.1, 0.15) is 32.3 Å². The lowest BCUT2D eigenvalue weighted by molar-refractivity contribution is -0.926. The third-order valence-corrected chi connectivity index (χ3v) is 4.43. The molecule has 0 aliphatic heterocycles. The summed E-state index contributed by atoms with van der Waals surface area (Å²) in [5, 5.41) is 58.4.